The van der Waals surface area contributed by atoms with Crippen LogP contribution < -0.4 is 9.47 Å². The van der Waals surface area contributed by atoms with Crippen molar-refractivity contribution in [2.24, 2.45) is 0 Å². The summed E-state index contributed by atoms with van der Waals surface area (Å²) in [5.74, 6) is 0.819. The van der Waals surface area contributed by atoms with Crippen LogP contribution in [0.4, 0.5) is 0 Å². The Labute approximate surface area is 178 Å². The number of carboxylic acids is 1. The minimum Gasteiger partial charge on any atom is -0.494 e. The van der Waals surface area contributed by atoms with Gasteiger partial charge in [-0.15, -0.1) is 0 Å². The van der Waals surface area contributed by atoms with Crippen LogP contribution in [0.25, 0.3) is 10.9 Å². The van der Waals surface area contributed by atoms with Crippen LogP contribution in [-0.2, 0) is 17.8 Å². The first-order valence-corrected chi connectivity index (χ1v) is 10.8. The molecule has 160 valence electrons. The average molecular weight is 410 g/mol. The average Bonchev–Trinajstić information content (AvgIpc) is 3.05. The first-order chi connectivity index (χ1) is 14.6. The molecule has 0 unspecified atom stereocenters. The third-order valence-electron chi connectivity index (χ3n) is 5.06. The van der Waals surface area contributed by atoms with E-state index in [2.05, 4.69) is 30.5 Å². The van der Waals surface area contributed by atoms with Gasteiger partial charge < -0.3 is 19.1 Å². The highest BCUT2D eigenvalue weighted by molar-refractivity contribution is 5.88. The number of aromatic nitrogens is 1. The van der Waals surface area contributed by atoms with Gasteiger partial charge in [-0.05, 0) is 54.3 Å². The van der Waals surface area contributed by atoms with Gasteiger partial charge in [0.15, 0.2) is 0 Å². The molecule has 0 saturated carbocycles. The summed E-state index contributed by atoms with van der Waals surface area (Å²) in [7, 11) is 0. The van der Waals surface area contributed by atoms with Gasteiger partial charge in [-0.1, -0.05) is 38.8 Å². The van der Waals surface area contributed by atoms with Gasteiger partial charge >= 0.3 is 5.97 Å². The summed E-state index contributed by atoms with van der Waals surface area (Å²) in [4.78, 5) is 11.4. The molecule has 5 heteroatoms. The van der Waals surface area contributed by atoms with Crippen molar-refractivity contribution in [2.75, 3.05) is 13.2 Å². The Kier molecular flexibility index (Phi) is 7.77. The van der Waals surface area contributed by atoms with Crippen LogP contribution >= 0.6 is 0 Å². The van der Waals surface area contributed by atoms with Crippen molar-refractivity contribution in [3.8, 4) is 11.5 Å². The lowest BCUT2D eigenvalue weighted by atomic mass is 10.1. The lowest BCUT2D eigenvalue weighted by Crippen LogP contribution is -2.01. The molecule has 2 aromatic carbocycles. The maximum absolute atomic E-state index is 11.4. The maximum atomic E-state index is 11.4. The van der Waals surface area contributed by atoms with Crippen molar-refractivity contribution < 1.29 is 19.4 Å². The molecule has 0 aliphatic carbocycles. The van der Waals surface area contributed by atoms with E-state index in [-0.39, 0.29) is 6.42 Å². The largest absolute Gasteiger partial charge is 0.494 e. The Morgan fingerprint density at radius 1 is 0.967 bits per heavy atom. The lowest BCUT2D eigenvalue weighted by molar-refractivity contribution is -0.136. The van der Waals surface area contributed by atoms with Gasteiger partial charge in [0.25, 0.3) is 0 Å². The first kappa shape index (κ1) is 21.8. The topological polar surface area (TPSA) is 60.7 Å². The van der Waals surface area contributed by atoms with Crippen molar-refractivity contribution in [2.45, 2.75) is 52.5 Å². The number of nitrogens with zero attached hydrogens (tertiary/aromatic N) is 1. The standard InChI is InChI=1S/C25H31NO4/c1-3-5-12-29-21-9-7-8-19(14-21)17-26-18-20(15-25(27)28)23-16-22(10-11-24(23)26)30-13-6-4-2/h7-11,14,16,18H,3-6,12-13,15,17H2,1-2H3,(H,27,28). The summed E-state index contributed by atoms with van der Waals surface area (Å²) in [5.41, 5.74) is 2.92. The molecule has 30 heavy (non-hydrogen) atoms. The second kappa shape index (κ2) is 10.7. The number of rotatable bonds is 12. The summed E-state index contributed by atoms with van der Waals surface area (Å²) in [6.07, 6.45) is 6.14. The maximum Gasteiger partial charge on any atom is 0.307 e. The zero-order valence-electron chi connectivity index (χ0n) is 17.9. The molecule has 1 N–H and O–H groups in total. The number of fused-ring (bicyclic) bond motifs is 1. The Hall–Kier alpha value is -2.95. The molecule has 1 heterocycles. The van der Waals surface area contributed by atoms with E-state index in [1.807, 2.05) is 36.5 Å². The van der Waals surface area contributed by atoms with E-state index in [1.165, 1.54) is 0 Å². The van der Waals surface area contributed by atoms with Gasteiger partial charge in [-0.2, -0.15) is 0 Å². The van der Waals surface area contributed by atoms with Crippen molar-refractivity contribution in [1.82, 2.24) is 4.57 Å². The number of hydrogen-bond acceptors (Lipinski definition) is 3. The zero-order valence-corrected chi connectivity index (χ0v) is 17.9. The Balaban J connectivity index is 1.86. The van der Waals surface area contributed by atoms with E-state index < -0.39 is 5.97 Å². The second-order valence-electron chi connectivity index (χ2n) is 7.58. The van der Waals surface area contributed by atoms with E-state index in [9.17, 15) is 9.90 Å². The molecule has 1 aromatic heterocycles. The predicted molar refractivity (Wildman–Crippen MR) is 120 cm³/mol. The number of carbonyl (C=O) groups is 1. The number of unbranched alkanes of at least 4 members (excludes halogenated alkanes) is 2. The summed E-state index contributed by atoms with van der Waals surface area (Å²) >= 11 is 0. The van der Waals surface area contributed by atoms with Crippen LogP contribution in [0.5, 0.6) is 11.5 Å². The van der Waals surface area contributed by atoms with Crippen molar-refractivity contribution in [1.29, 1.82) is 0 Å². The van der Waals surface area contributed by atoms with Gasteiger partial charge in [0, 0.05) is 23.6 Å². The predicted octanol–water partition coefficient (Wildman–Crippen LogP) is 5.67. The Morgan fingerprint density at radius 3 is 2.33 bits per heavy atom. The van der Waals surface area contributed by atoms with Crippen molar-refractivity contribution >= 4 is 16.9 Å². The van der Waals surface area contributed by atoms with Crippen LogP contribution in [0, 0.1) is 0 Å². The molecule has 0 radical (unpaired) electrons. The van der Waals surface area contributed by atoms with Gasteiger partial charge in [0.05, 0.1) is 19.6 Å². The van der Waals surface area contributed by atoms with E-state index in [0.717, 1.165) is 65.8 Å². The molecule has 0 fully saturated rings. The van der Waals surface area contributed by atoms with E-state index in [0.29, 0.717) is 13.2 Å². The van der Waals surface area contributed by atoms with Crippen LogP contribution in [-0.4, -0.2) is 28.9 Å². The fourth-order valence-electron chi connectivity index (χ4n) is 3.47. The van der Waals surface area contributed by atoms with Crippen molar-refractivity contribution in [3.63, 3.8) is 0 Å². The fourth-order valence-corrected chi connectivity index (χ4v) is 3.47. The normalized spacial score (nSPS) is 11.0. The highest BCUT2D eigenvalue weighted by Crippen LogP contribution is 2.28. The summed E-state index contributed by atoms with van der Waals surface area (Å²) < 4.78 is 13.8. The van der Waals surface area contributed by atoms with Gasteiger partial charge in [-0.25, -0.2) is 0 Å². The number of aliphatic carboxylic acids is 1. The van der Waals surface area contributed by atoms with Crippen LogP contribution in [0.15, 0.2) is 48.7 Å². The van der Waals surface area contributed by atoms with Crippen molar-refractivity contribution in [3.05, 3.63) is 59.8 Å². The third-order valence-corrected chi connectivity index (χ3v) is 5.06. The van der Waals surface area contributed by atoms with Crippen LogP contribution in [0.2, 0.25) is 0 Å². The van der Waals surface area contributed by atoms with Gasteiger partial charge in [0.2, 0.25) is 0 Å². The zero-order chi connectivity index (χ0) is 21.3. The molecule has 0 aliphatic rings. The van der Waals surface area contributed by atoms with E-state index in [4.69, 9.17) is 9.47 Å². The number of ether oxygens (including phenoxy) is 2. The molecule has 0 bridgehead atoms. The monoisotopic (exact) mass is 409 g/mol. The molecular formula is C25H31NO4. The smallest absolute Gasteiger partial charge is 0.307 e. The quantitative estimate of drug-likeness (QED) is 0.391. The molecule has 3 aromatic rings. The molecule has 0 atom stereocenters. The molecule has 3 rings (SSSR count). The van der Waals surface area contributed by atoms with Gasteiger partial charge in [0.1, 0.15) is 11.5 Å². The van der Waals surface area contributed by atoms with Crippen LogP contribution in [0.1, 0.15) is 50.7 Å². The summed E-state index contributed by atoms with van der Waals surface area (Å²) in [6.45, 7) is 6.31. The highest BCUT2D eigenvalue weighted by atomic mass is 16.5. The first-order valence-electron chi connectivity index (χ1n) is 10.8. The molecule has 5 nitrogen and oxygen atoms in total. The van der Waals surface area contributed by atoms with E-state index >= 15 is 0 Å². The lowest BCUT2D eigenvalue weighted by Gasteiger charge is -2.10. The third kappa shape index (κ3) is 5.78. The minimum atomic E-state index is -0.835. The number of benzene rings is 2. The van der Waals surface area contributed by atoms with Crippen LogP contribution in [0.3, 0.4) is 0 Å². The Bertz CT molecular complexity index is 976. The van der Waals surface area contributed by atoms with E-state index in [1.54, 1.807) is 0 Å². The van der Waals surface area contributed by atoms with Gasteiger partial charge in [-0.3, -0.25) is 4.79 Å². The molecule has 0 aliphatic heterocycles. The SMILES string of the molecule is CCCCOc1cccc(Cn2cc(CC(=O)O)c3cc(OCCCC)ccc32)c1. The summed E-state index contributed by atoms with van der Waals surface area (Å²) in [5, 5.41) is 10.3. The molecule has 0 amide bonds. The molecular weight excluding hydrogens is 378 g/mol. The fraction of sp³-hybridized carbons (Fsp3) is 0.400. The number of hydrogen-bond donors (Lipinski definition) is 1. The highest BCUT2D eigenvalue weighted by Gasteiger charge is 2.13. The summed E-state index contributed by atoms with van der Waals surface area (Å²) in [6, 6.07) is 14.0. The number of carboxylic acid groups (broad SMARTS) is 1. The molecule has 0 saturated heterocycles. The minimum absolute atomic E-state index is 0.0118. The second-order valence-corrected chi connectivity index (χ2v) is 7.58. The molecule has 0 spiro atoms. The Morgan fingerprint density at radius 2 is 1.67 bits per heavy atom.